The second kappa shape index (κ2) is 7.78. The van der Waals surface area contributed by atoms with E-state index in [4.69, 9.17) is 4.74 Å². The number of carbonyl (C=O) groups excluding carboxylic acids is 1. The smallest absolute Gasteiger partial charge is 0.223 e. The summed E-state index contributed by atoms with van der Waals surface area (Å²) in [7, 11) is 1.61. The summed E-state index contributed by atoms with van der Waals surface area (Å²) in [6, 6.07) is 1.85. The Morgan fingerprint density at radius 1 is 1.29 bits per heavy atom. The van der Waals surface area contributed by atoms with Crippen molar-refractivity contribution in [2.75, 3.05) is 37.4 Å². The Balaban J connectivity index is 1.83. The van der Waals surface area contributed by atoms with Crippen LogP contribution in [0.2, 0.25) is 0 Å². The van der Waals surface area contributed by atoms with Crippen LogP contribution in [0.15, 0.2) is 6.07 Å². The molecule has 116 valence electrons. The molecular weight excluding hydrogens is 270 g/mol. The molecule has 7 nitrogen and oxygen atoms in total. The molecule has 1 aromatic heterocycles. The van der Waals surface area contributed by atoms with Crippen LogP contribution in [0.4, 0.5) is 11.6 Å². The first-order chi connectivity index (χ1) is 10.2. The predicted molar refractivity (Wildman–Crippen MR) is 81.1 cm³/mol. The summed E-state index contributed by atoms with van der Waals surface area (Å²) in [4.78, 5) is 20.2. The van der Waals surface area contributed by atoms with Crippen molar-refractivity contribution in [3.05, 3.63) is 11.9 Å². The molecule has 7 heteroatoms. The van der Waals surface area contributed by atoms with Crippen LogP contribution in [-0.4, -0.2) is 42.6 Å². The molecule has 3 N–H and O–H groups in total. The lowest BCUT2D eigenvalue weighted by Crippen LogP contribution is -2.30. The molecular formula is C14H23N5O2. The van der Waals surface area contributed by atoms with Gasteiger partial charge in [-0.3, -0.25) is 4.79 Å². The molecule has 0 spiro atoms. The minimum absolute atomic E-state index is 0.160. The molecule has 1 aliphatic rings. The largest absolute Gasteiger partial charge is 0.377 e. The molecule has 0 bridgehead atoms. The van der Waals surface area contributed by atoms with Gasteiger partial charge in [0.15, 0.2) is 5.82 Å². The van der Waals surface area contributed by atoms with Gasteiger partial charge >= 0.3 is 0 Å². The van der Waals surface area contributed by atoms with E-state index < -0.39 is 0 Å². The number of amides is 1. The standard InChI is InChI=1S/C14H23N5O2/c1-3-15-11-8-12(19-13(18-11)9-21-2)16-6-7-17-14(20)10-4-5-10/h8,10H,3-7,9H2,1-2H3,(H,17,20)(H2,15,16,18,19). The van der Waals surface area contributed by atoms with Crippen LogP contribution in [0, 0.1) is 5.92 Å². The number of nitrogens with one attached hydrogen (secondary N) is 3. The van der Waals surface area contributed by atoms with E-state index in [2.05, 4.69) is 25.9 Å². The molecule has 1 fully saturated rings. The summed E-state index contributed by atoms with van der Waals surface area (Å²) in [6.45, 7) is 4.40. The number of ether oxygens (including phenoxy) is 1. The lowest BCUT2D eigenvalue weighted by Gasteiger charge is -2.11. The van der Waals surface area contributed by atoms with Gasteiger partial charge < -0.3 is 20.7 Å². The van der Waals surface area contributed by atoms with Crippen molar-refractivity contribution in [2.24, 2.45) is 5.92 Å². The Hall–Kier alpha value is -1.89. The number of nitrogens with zero attached hydrogens (tertiary/aromatic N) is 2. The molecule has 0 unspecified atom stereocenters. The highest BCUT2D eigenvalue weighted by atomic mass is 16.5. The van der Waals surface area contributed by atoms with E-state index in [1.54, 1.807) is 7.11 Å². The van der Waals surface area contributed by atoms with Crippen LogP contribution in [0.3, 0.4) is 0 Å². The Morgan fingerprint density at radius 3 is 2.62 bits per heavy atom. The summed E-state index contributed by atoms with van der Waals surface area (Å²) < 4.78 is 5.07. The molecule has 1 aliphatic carbocycles. The summed E-state index contributed by atoms with van der Waals surface area (Å²) in [5, 5.41) is 9.27. The van der Waals surface area contributed by atoms with Crippen molar-refractivity contribution in [1.29, 1.82) is 0 Å². The van der Waals surface area contributed by atoms with E-state index in [0.29, 0.717) is 25.5 Å². The normalized spacial score (nSPS) is 13.8. The van der Waals surface area contributed by atoms with Gasteiger partial charge in [0, 0.05) is 38.7 Å². The fourth-order valence-corrected chi connectivity index (χ4v) is 1.92. The third-order valence-corrected chi connectivity index (χ3v) is 3.08. The summed E-state index contributed by atoms with van der Waals surface area (Å²) in [5.74, 6) is 2.53. The van der Waals surface area contributed by atoms with Gasteiger partial charge in [0.05, 0.1) is 0 Å². The van der Waals surface area contributed by atoms with Crippen molar-refractivity contribution in [1.82, 2.24) is 15.3 Å². The predicted octanol–water partition coefficient (Wildman–Crippen LogP) is 0.993. The lowest BCUT2D eigenvalue weighted by atomic mass is 10.4. The Kier molecular flexibility index (Phi) is 5.74. The number of anilines is 2. The van der Waals surface area contributed by atoms with E-state index in [-0.39, 0.29) is 11.8 Å². The average molecular weight is 293 g/mol. The van der Waals surface area contributed by atoms with Crippen LogP contribution in [0.5, 0.6) is 0 Å². The van der Waals surface area contributed by atoms with E-state index in [9.17, 15) is 4.79 Å². The molecule has 1 aromatic rings. The molecule has 0 saturated heterocycles. The van der Waals surface area contributed by atoms with Crippen LogP contribution in [0.25, 0.3) is 0 Å². The molecule has 21 heavy (non-hydrogen) atoms. The highest BCUT2D eigenvalue weighted by Crippen LogP contribution is 2.28. The summed E-state index contributed by atoms with van der Waals surface area (Å²) >= 11 is 0. The first-order valence-electron chi connectivity index (χ1n) is 7.35. The third-order valence-electron chi connectivity index (χ3n) is 3.08. The minimum Gasteiger partial charge on any atom is -0.377 e. The van der Waals surface area contributed by atoms with Gasteiger partial charge in [-0.25, -0.2) is 9.97 Å². The number of rotatable bonds is 9. The molecule has 0 aromatic carbocycles. The highest BCUT2D eigenvalue weighted by Gasteiger charge is 2.28. The Morgan fingerprint density at radius 2 is 2.00 bits per heavy atom. The van der Waals surface area contributed by atoms with Crippen LogP contribution >= 0.6 is 0 Å². The van der Waals surface area contributed by atoms with Gasteiger partial charge in [0.1, 0.15) is 18.2 Å². The van der Waals surface area contributed by atoms with Crippen LogP contribution < -0.4 is 16.0 Å². The van der Waals surface area contributed by atoms with Gasteiger partial charge in [0.2, 0.25) is 5.91 Å². The zero-order valence-electron chi connectivity index (χ0n) is 12.6. The maximum absolute atomic E-state index is 11.5. The van der Waals surface area contributed by atoms with Gasteiger partial charge in [0.25, 0.3) is 0 Å². The van der Waals surface area contributed by atoms with Crippen molar-refractivity contribution in [3.8, 4) is 0 Å². The fourth-order valence-electron chi connectivity index (χ4n) is 1.92. The van der Waals surface area contributed by atoms with Crippen molar-refractivity contribution < 1.29 is 9.53 Å². The first kappa shape index (κ1) is 15.5. The van der Waals surface area contributed by atoms with E-state index in [1.807, 2.05) is 13.0 Å². The highest BCUT2D eigenvalue weighted by molar-refractivity contribution is 5.80. The van der Waals surface area contributed by atoms with Crippen molar-refractivity contribution >= 4 is 17.5 Å². The Bertz CT molecular complexity index is 452. The third kappa shape index (κ3) is 5.18. The van der Waals surface area contributed by atoms with Gasteiger partial charge in [-0.15, -0.1) is 0 Å². The SMILES string of the molecule is CCNc1cc(NCCNC(=O)C2CC2)nc(COC)n1. The molecule has 0 atom stereocenters. The fraction of sp³-hybridized carbons (Fsp3) is 0.643. The number of methoxy groups -OCH3 is 1. The van der Waals surface area contributed by atoms with Crippen molar-refractivity contribution in [3.63, 3.8) is 0 Å². The van der Waals surface area contributed by atoms with Crippen LogP contribution in [0.1, 0.15) is 25.6 Å². The summed E-state index contributed by atoms with van der Waals surface area (Å²) in [5.41, 5.74) is 0. The maximum atomic E-state index is 11.5. The second-order valence-electron chi connectivity index (χ2n) is 5.01. The van der Waals surface area contributed by atoms with E-state index >= 15 is 0 Å². The Labute approximate surface area is 124 Å². The van der Waals surface area contributed by atoms with Crippen LogP contribution in [-0.2, 0) is 16.1 Å². The quantitative estimate of drug-likeness (QED) is 0.589. The monoisotopic (exact) mass is 293 g/mol. The molecule has 1 heterocycles. The lowest BCUT2D eigenvalue weighted by molar-refractivity contribution is -0.122. The minimum atomic E-state index is 0.160. The maximum Gasteiger partial charge on any atom is 0.223 e. The first-order valence-corrected chi connectivity index (χ1v) is 7.35. The molecule has 1 saturated carbocycles. The molecule has 0 aliphatic heterocycles. The van der Waals surface area contributed by atoms with Gasteiger partial charge in [-0.2, -0.15) is 0 Å². The molecule has 1 amide bonds. The molecule has 0 radical (unpaired) electrons. The zero-order valence-corrected chi connectivity index (χ0v) is 12.6. The van der Waals surface area contributed by atoms with E-state index in [0.717, 1.165) is 31.0 Å². The van der Waals surface area contributed by atoms with E-state index in [1.165, 1.54) is 0 Å². The molecule has 2 rings (SSSR count). The van der Waals surface area contributed by atoms with Gasteiger partial charge in [-0.1, -0.05) is 0 Å². The number of hydrogen-bond donors (Lipinski definition) is 3. The second-order valence-corrected chi connectivity index (χ2v) is 5.01. The summed E-state index contributed by atoms with van der Waals surface area (Å²) in [6.07, 6.45) is 2.05. The van der Waals surface area contributed by atoms with Gasteiger partial charge in [-0.05, 0) is 19.8 Å². The zero-order chi connectivity index (χ0) is 15.1. The number of aromatic nitrogens is 2. The number of hydrogen-bond acceptors (Lipinski definition) is 6. The van der Waals surface area contributed by atoms with Crippen molar-refractivity contribution in [2.45, 2.75) is 26.4 Å². The average Bonchev–Trinajstić information content (AvgIpc) is 3.28. The topological polar surface area (TPSA) is 88.2 Å². The number of carbonyl (C=O) groups is 1.